The van der Waals surface area contributed by atoms with Gasteiger partial charge in [0.2, 0.25) is 11.9 Å². The standard InChI is InChI=1S/C37H41N4O10P/c1-22(2)34(42)39-36-38-33-32(35(43)40-36)23(3)20-41(33)31-19-29(51-52(44,45)46)30(50-31)21-49-37(24-9-7-6-8-10-24,25-11-15-27(47-4)16-12-25)26-13-17-28(48-5)18-14-26/h6-18,20,22,29-31H,19,21H2,1-5H3,(H2,44,45,46)(H2,38,39,40,42,43)/p-1/t29-,30+,31+/m0/s1. The largest absolute Gasteiger partial charge is 0.756 e. The number of ether oxygens (including phenoxy) is 4. The minimum atomic E-state index is -5.25. The van der Waals surface area contributed by atoms with Gasteiger partial charge in [0.25, 0.3) is 13.4 Å². The smallest absolute Gasteiger partial charge is 0.265 e. The van der Waals surface area contributed by atoms with E-state index in [0.29, 0.717) is 17.1 Å². The molecule has 0 saturated carbocycles. The maximum absolute atomic E-state index is 13.1. The van der Waals surface area contributed by atoms with Gasteiger partial charge in [-0.05, 0) is 53.4 Å². The SMILES string of the molecule is COc1ccc(C(OC[C@H]2O[C@@H](n3cc(C)c4c(=O)[nH]c(NC(=O)C(C)C)nc43)C[C@@H]2OP(=O)([O-])O)(c2ccccc2)c2ccc(OC)cc2)cc1. The van der Waals surface area contributed by atoms with Gasteiger partial charge in [-0.1, -0.05) is 68.4 Å². The molecule has 52 heavy (non-hydrogen) atoms. The Kier molecular flexibility index (Phi) is 10.7. The Morgan fingerprint density at radius 3 is 2.15 bits per heavy atom. The number of rotatable bonds is 13. The van der Waals surface area contributed by atoms with Crippen molar-refractivity contribution in [2.24, 2.45) is 5.92 Å². The molecule has 3 N–H and O–H groups in total. The van der Waals surface area contributed by atoms with Gasteiger partial charge in [0, 0.05) is 18.5 Å². The van der Waals surface area contributed by atoms with E-state index in [1.54, 1.807) is 45.8 Å². The molecular formula is C37H40N4O10P-. The molecule has 1 amide bonds. The first-order valence-electron chi connectivity index (χ1n) is 16.6. The number of aryl methyl sites for hydroxylation is 1. The number of aromatic nitrogens is 3. The van der Waals surface area contributed by atoms with E-state index in [1.165, 1.54) is 0 Å². The number of benzene rings is 3. The molecular weight excluding hydrogens is 691 g/mol. The zero-order chi connectivity index (χ0) is 37.2. The first-order chi connectivity index (χ1) is 24.8. The molecule has 0 spiro atoms. The quantitative estimate of drug-likeness (QED) is 0.112. The van der Waals surface area contributed by atoms with Crippen molar-refractivity contribution in [1.29, 1.82) is 0 Å². The van der Waals surface area contributed by atoms with E-state index in [2.05, 4.69) is 15.3 Å². The van der Waals surface area contributed by atoms with Crippen LogP contribution in [0, 0.1) is 12.8 Å². The van der Waals surface area contributed by atoms with E-state index < -0.39 is 37.4 Å². The lowest BCUT2D eigenvalue weighted by Gasteiger charge is -2.37. The fraction of sp³-hybridized carbons (Fsp3) is 0.324. The molecule has 15 heteroatoms. The van der Waals surface area contributed by atoms with E-state index in [-0.39, 0.29) is 41.8 Å². The van der Waals surface area contributed by atoms with Crippen molar-refractivity contribution < 1.29 is 42.6 Å². The summed E-state index contributed by atoms with van der Waals surface area (Å²) in [5, 5.41) is 2.88. The third-order valence-electron chi connectivity index (χ3n) is 9.03. The zero-order valence-corrected chi connectivity index (χ0v) is 30.2. The van der Waals surface area contributed by atoms with Crippen LogP contribution < -0.4 is 25.2 Å². The van der Waals surface area contributed by atoms with Crippen molar-refractivity contribution in [2.75, 3.05) is 26.1 Å². The van der Waals surface area contributed by atoms with Gasteiger partial charge in [-0.2, -0.15) is 4.98 Å². The Hall–Kier alpha value is -4.82. The molecule has 0 bridgehead atoms. The maximum atomic E-state index is 13.1. The van der Waals surface area contributed by atoms with Crippen LogP contribution in [0.2, 0.25) is 0 Å². The average Bonchev–Trinajstić information content (AvgIpc) is 3.68. The first-order valence-corrected chi connectivity index (χ1v) is 18.1. The summed E-state index contributed by atoms with van der Waals surface area (Å²) in [6.45, 7) is 4.93. The molecule has 2 aromatic heterocycles. The topological polar surface area (TPSA) is 186 Å². The van der Waals surface area contributed by atoms with Crippen molar-refractivity contribution in [2.45, 2.75) is 51.2 Å². The Bertz CT molecular complexity index is 2080. The summed E-state index contributed by atoms with van der Waals surface area (Å²) in [6.07, 6.45) is -1.55. The van der Waals surface area contributed by atoms with E-state index >= 15 is 0 Å². The van der Waals surface area contributed by atoms with Crippen LogP contribution >= 0.6 is 7.82 Å². The van der Waals surface area contributed by atoms with Crippen molar-refractivity contribution in [3.63, 3.8) is 0 Å². The lowest BCUT2D eigenvalue weighted by Crippen LogP contribution is -2.38. The van der Waals surface area contributed by atoms with Gasteiger partial charge in [0.1, 0.15) is 29.4 Å². The number of amides is 1. The van der Waals surface area contributed by atoms with Crippen LogP contribution in [0.5, 0.6) is 11.5 Å². The molecule has 1 saturated heterocycles. The third-order valence-corrected chi connectivity index (χ3v) is 9.57. The van der Waals surface area contributed by atoms with Crippen LogP contribution in [0.1, 0.15) is 48.8 Å². The molecule has 0 aliphatic carbocycles. The first kappa shape index (κ1) is 37.0. The summed E-state index contributed by atoms with van der Waals surface area (Å²) >= 11 is 0. The highest BCUT2D eigenvalue weighted by molar-refractivity contribution is 7.44. The summed E-state index contributed by atoms with van der Waals surface area (Å²) < 4.78 is 43.2. The number of H-pyrrole nitrogens is 1. The monoisotopic (exact) mass is 731 g/mol. The van der Waals surface area contributed by atoms with E-state index in [9.17, 15) is 23.9 Å². The highest BCUT2D eigenvalue weighted by Gasteiger charge is 2.44. The Labute approximate surface area is 299 Å². The molecule has 1 unspecified atom stereocenters. The molecule has 4 atom stereocenters. The summed E-state index contributed by atoms with van der Waals surface area (Å²) in [7, 11) is -2.10. The number of carbonyl (C=O) groups is 1. The molecule has 14 nitrogen and oxygen atoms in total. The van der Waals surface area contributed by atoms with Crippen molar-refractivity contribution in [3.8, 4) is 11.5 Å². The highest BCUT2D eigenvalue weighted by atomic mass is 31.2. The second-order valence-corrected chi connectivity index (χ2v) is 13.9. The molecule has 1 aliphatic heterocycles. The molecule has 5 aromatic rings. The molecule has 3 aromatic carbocycles. The molecule has 274 valence electrons. The predicted octanol–water partition coefficient (Wildman–Crippen LogP) is 4.79. The van der Waals surface area contributed by atoms with Crippen molar-refractivity contribution in [3.05, 3.63) is 118 Å². The Balaban J connectivity index is 1.41. The lowest BCUT2D eigenvalue weighted by molar-refractivity contribution is -0.226. The minimum Gasteiger partial charge on any atom is -0.756 e. The van der Waals surface area contributed by atoms with Crippen LogP contribution in [0.4, 0.5) is 5.95 Å². The Morgan fingerprint density at radius 1 is 1.04 bits per heavy atom. The summed E-state index contributed by atoms with van der Waals surface area (Å²) in [4.78, 5) is 54.7. The van der Waals surface area contributed by atoms with Gasteiger partial charge in [-0.15, -0.1) is 0 Å². The number of phosphoric ester groups is 1. The lowest BCUT2D eigenvalue weighted by atomic mass is 9.80. The fourth-order valence-corrected chi connectivity index (χ4v) is 7.03. The van der Waals surface area contributed by atoms with Crippen LogP contribution in [0.25, 0.3) is 11.0 Å². The number of methoxy groups -OCH3 is 2. The molecule has 0 radical (unpaired) electrons. The summed E-state index contributed by atoms with van der Waals surface area (Å²) in [5.41, 5.74) is 1.28. The number of carbonyl (C=O) groups excluding carboxylic acids is 1. The zero-order valence-electron chi connectivity index (χ0n) is 29.3. The normalized spacial score (nSPS) is 18.7. The third kappa shape index (κ3) is 7.54. The second-order valence-electron chi connectivity index (χ2n) is 12.8. The number of anilines is 1. The summed E-state index contributed by atoms with van der Waals surface area (Å²) in [6, 6.07) is 24.3. The molecule has 6 rings (SSSR count). The highest BCUT2D eigenvalue weighted by Crippen LogP contribution is 2.45. The van der Waals surface area contributed by atoms with Gasteiger partial charge in [0.15, 0.2) is 5.65 Å². The molecule has 1 fully saturated rings. The number of fused-ring (bicyclic) bond motifs is 1. The number of hydrogen-bond donors (Lipinski definition) is 3. The van der Waals surface area contributed by atoms with Gasteiger partial charge >= 0.3 is 0 Å². The van der Waals surface area contributed by atoms with Crippen molar-refractivity contribution >= 4 is 30.7 Å². The van der Waals surface area contributed by atoms with E-state index in [1.807, 2.05) is 78.9 Å². The average molecular weight is 732 g/mol. The number of hydrogen-bond acceptors (Lipinski definition) is 10. The molecule has 1 aliphatic rings. The minimum absolute atomic E-state index is 0.0488. The maximum Gasteiger partial charge on any atom is 0.265 e. The summed E-state index contributed by atoms with van der Waals surface area (Å²) in [5.74, 6) is 0.515. The van der Waals surface area contributed by atoms with Gasteiger partial charge in [0.05, 0.1) is 32.3 Å². The number of phosphoric acid groups is 1. The van der Waals surface area contributed by atoms with E-state index in [0.717, 1.165) is 16.7 Å². The van der Waals surface area contributed by atoms with Gasteiger partial charge < -0.3 is 37.8 Å². The van der Waals surface area contributed by atoms with Gasteiger partial charge in [-0.3, -0.25) is 24.5 Å². The fourth-order valence-electron chi connectivity index (χ4n) is 6.46. The van der Waals surface area contributed by atoms with Gasteiger partial charge in [-0.25, -0.2) is 0 Å². The van der Waals surface area contributed by atoms with Crippen LogP contribution in [0.3, 0.4) is 0 Å². The van der Waals surface area contributed by atoms with Crippen LogP contribution in [0.15, 0.2) is 89.9 Å². The number of nitrogens with zero attached hydrogens (tertiary/aromatic N) is 2. The number of nitrogens with one attached hydrogen (secondary N) is 2. The van der Waals surface area contributed by atoms with Crippen molar-refractivity contribution in [1.82, 2.24) is 14.5 Å². The van der Waals surface area contributed by atoms with Crippen LogP contribution in [-0.4, -0.2) is 58.4 Å². The van der Waals surface area contributed by atoms with Crippen LogP contribution in [-0.2, 0) is 29.0 Å². The Morgan fingerprint density at radius 2 is 1.62 bits per heavy atom. The predicted molar refractivity (Wildman–Crippen MR) is 190 cm³/mol. The molecule has 3 heterocycles. The number of aromatic amines is 1. The van der Waals surface area contributed by atoms with E-state index in [4.69, 9.17) is 23.5 Å². The second kappa shape index (κ2) is 15.0.